The normalized spacial score (nSPS) is 15.3. The molecule has 8 heteroatoms. The van der Waals surface area contributed by atoms with Crippen LogP contribution in [0.3, 0.4) is 0 Å². The van der Waals surface area contributed by atoms with E-state index in [2.05, 4.69) is 26.0 Å². The second-order valence-corrected chi connectivity index (χ2v) is 5.13. The number of hydrogen-bond donors (Lipinski definition) is 0. The Morgan fingerprint density at radius 3 is 2.65 bits per heavy atom. The van der Waals surface area contributed by atoms with E-state index in [1.54, 1.807) is 15.6 Å². The van der Waals surface area contributed by atoms with Crippen molar-refractivity contribution in [3.63, 3.8) is 0 Å². The minimum Gasteiger partial charge on any atom is -0.310 e. The average molecular weight is 347 g/mol. The number of hydrogen-bond acceptors (Lipinski definition) is 3. The van der Waals surface area contributed by atoms with Gasteiger partial charge in [0.2, 0.25) is 10.7 Å². The number of alkyl halides is 3. The first-order valence-corrected chi connectivity index (χ1v) is 6.80. The number of anilines is 2. The van der Waals surface area contributed by atoms with E-state index in [-0.39, 0.29) is 5.69 Å². The summed E-state index contributed by atoms with van der Waals surface area (Å²) in [4.78, 5) is 5.72. The molecule has 2 heterocycles. The molecule has 0 N–H and O–H groups in total. The van der Waals surface area contributed by atoms with Crippen LogP contribution in [-0.2, 0) is 12.7 Å². The molecule has 20 heavy (non-hydrogen) atoms. The van der Waals surface area contributed by atoms with Crippen LogP contribution in [0.4, 0.5) is 24.8 Å². The molecule has 0 saturated carbocycles. The van der Waals surface area contributed by atoms with E-state index < -0.39 is 11.7 Å². The highest BCUT2D eigenvalue weighted by molar-refractivity contribution is 9.10. The van der Waals surface area contributed by atoms with E-state index >= 15 is 0 Å². The number of halogens is 4. The molecule has 0 unspecified atom stereocenters. The maximum Gasteiger partial charge on any atom is 0.418 e. The Morgan fingerprint density at radius 1 is 1.15 bits per heavy atom. The second-order valence-electron chi connectivity index (χ2n) is 4.42. The van der Waals surface area contributed by atoms with E-state index in [0.29, 0.717) is 23.8 Å². The summed E-state index contributed by atoms with van der Waals surface area (Å²) in [6.07, 6.45) is -3.68. The van der Waals surface area contributed by atoms with Crippen molar-refractivity contribution in [1.82, 2.24) is 14.8 Å². The van der Waals surface area contributed by atoms with Gasteiger partial charge in [-0.3, -0.25) is 0 Å². The molecule has 1 aliphatic rings. The van der Waals surface area contributed by atoms with Crippen LogP contribution in [0.1, 0.15) is 12.0 Å². The summed E-state index contributed by atoms with van der Waals surface area (Å²) in [6, 6.07) is 5.52. The highest BCUT2D eigenvalue weighted by Gasteiger charge is 2.36. The number of benzene rings is 1. The number of fused-ring (bicyclic) bond motifs is 1. The molecule has 0 amide bonds. The fraction of sp³-hybridized carbons (Fsp3) is 0.333. The summed E-state index contributed by atoms with van der Waals surface area (Å²) >= 11 is 3.16. The van der Waals surface area contributed by atoms with Gasteiger partial charge in [-0.2, -0.15) is 18.2 Å². The monoisotopic (exact) mass is 346 g/mol. The van der Waals surface area contributed by atoms with Gasteiger partial charge in [0.25, 0.3) is 0 Å². The maximum absolute atomic E-state index is 13.1. The minimum absolute atomic E-state index is 0.112. The van der Waals surface area contributed by atoms with E-state index in [1.165, 1.54) is 12.1 Å². The Morgan fingerprint density at radius 2 is 1.90 bits per heavy atom. The Hall–Kier alpha value is -1.57. The molecule has 1 aromatic heterocycles. The SMILES string of the molecule is FC(F)(F)c1ccccc1N1CCCn2nc(Br)nc21. The molecular weight excluding hydrogens is 337 g/mol. The number of aromatic nitrogens is 3. The van der Waals surface area contributed by atoms with Crippen LogP contribution in [0.2, 0.25) is 0 Å². The molecule has 0 spiro atoms. The molecule has 0 saturated heterocycles. The Balaban J connectivity index is 2.11. The Kier molecular flexibility index (Phi) is 3.19. The van der Waals surface area contributed by atoms with Crippen molar-refractivity contribution < 1.29 is 13.2 Å². The summed E-state index contributed by atoms with van der Waals surface area (Å²) in [7, 11) is 0. The van der Waals surface area contributed by atoms with Crippen molar-refractivity contribution in [2.75, 3.05) is 11.4 Å². The number of para-hydroxylation sites is 1. The van der Waals surface area contributed by atoms with Gasteiger partial charge in [-0.1, -0.05) is 12.1 Å². The van der Waals surface area contributed by atoms with Crippen LogP contribution < -0.4 is 4.90 Å². The Bertz CT molecular complexity index is 638. The zero-order valence-electron chi connectivity index (χ0n) is 10.2. The molecule has 3 rings (SSSR count). The number of nitrogens with zero attached hydrogens (tertiary/aromatic N) is 4. The van der Waals surface area contributed by atoms with E-state index in [9.17, 15) is 13.2 Å². The summed E-state index contributed by atoms with van der Waals surface area (Å²) in [5, 5.41) is 4.12. The maximum atomic E-state index is 13.1. The predicted molar refractivity (Wildman–Crippen MR) is 70.8 cm³/mol. The first-order chi connectivity index (χ1) is 9.47. The fourth-order valence-electron chi connectivity index (χ4n) is 2.31. The van der Waals surface area contributed by atoms with Crippen molar-refractivity contribution in [3.8, 4) is 0 Å². The average Bonchev–Trinajstić information content (AvgIpc) is 2.77. The van der Waals surface area contributed by atoms with Crippen LogP contribution in [0.15, 0.2) is 29.0 Å². The summed E-state index contributed by atoms with van der Waals surface area (Å²) in [5.41, 5.74) is -0.548. The third kappa shape index (κ3) is 2.28. The minimum atomic E-state index is -4.39. The van der Waals surface area contributed by atoms with Gasteiger partial charge in [-0.15, -0.1) is 5.10 Å². The van der Waals surface area contributed by atoms with Gasteiger partial charge in [-0.05, 0) is 34.5 Å². The fourth-order valence-corrected chi connectivity index (χ4v) is 2.66. The van der Waals surface area contributed by atoms with Crippen LogP contribution >= 0.6 is 15.9 Å². The van der Waals surface area contributed by atoms with E-state index in [1.807, 2.05) is 0 Å². The molecule has 0 radical (unpaired) electrons. The number of aryl methyl sites for hydroxylation is 1. The number of rotatable bonds is 1. The highest BCUT2D eigenvalue weighted by Crippen LogP contribution is 2.39. The third-order valence-corrected chi connectivity index (χ3v) is 3.46. The Labute approximate surface area is 121 Å². The summed E-state index contributed by atoms with van der Waals surface area (Å²) in [5.74, 6) is 0.430. The molecule has 4 nitrogen and oxygen atoms in total. The van der Waals surface area contributed by atoms with Gasteiger partial charge in [0, 0.05) is 13.1 Å². The zero-order chi connectivity index (χ0) is 14.3. The predicted octanol–water partition coefficient (Wildman–Crippen LogP) is 3.60. The highest BCUT2D eigenvalue weighted by atomic mass is 79.9. The molecule has 0 fully saturated rings. The molecule has 1 aliphatic heterocycles. The molecular formula is C12H10BrF3N4. The van der Waals surface area contributed by atoms with Gasteiger partial charge < -0.3 is 4.90 Å². The molecule has 0 aliphatic carbocycles. The lowest BCUT2D eigenvalue weighted by atomic mass is 10.1. The molecule has 1 aromatic carbocycles. The second kappa shape index (κ2) is 4.76. The van der Waals surface area contributed by atoms with Crippen molar-refractivity contribution in [2.24, 2.45) is 0 Å². The largest absolute Gasteiger partial charge is 0.418 e. The van der Waals surface area contributed by atoms with Gasteiger partial charge in [0.05, 0.1) is 11.3 Å². The van der Waals surface area contributed by atoms with Crippen LogP contribution in [0, 0.1) is 0 Å². The van der Waals surface area contributed by atoms with E-state index in [4.69, 9.17) is 0 Å². The molecule has 0 bridgehead atoms. The van der Waals surface area contributed by atoms with Crippen LogP contribution in [0.5, 0.6) is 0 Å². The van der Waals surface area contributed by atoms with Crippen LogP contribution in [0.25, 0.3) is 0 Å². The summed E-state index contributed by atoms with van der Waals surface area (Å²) in [6.45, 7) is 1.14. The lowest BCUT2D eigenvalue weighted by molar-refractivity contribution is -0.137. The van der Waals surface area contributed by atoms with Crippen molar-refractivity contribution >= 4 is 27.6 Å². The molecule has 0 atom stereocenters. The summed E-state index contributed by atoms with van der Waals surface area (Å²) < 4.78 is 41.3. The van der Waals surface area contributed by atoms with Crippen molar-refractivity contribution in [2.45, 2.75) is 19.1 Å². The standard InChI is InChI=1S/C12H10BrF3N4/c13-10-17-11-19(6-3-7-20(11)18-10)9-5-2-1-4-8(9)12(14,15)16/h1-2,4-5H,3,6-7H2. The van der Waals surface area contributed by atoms with Crippen molar-refractivity contribution in [1.29, 1.82) is 0 Å². The third-order valence-electron chi connectivity index (χ3n) is 3.12. The van der Waals surface area contributed by atoms with Gasteiger partial charge in [0.15, 0.2) is 0 Å². The van der Waals surface area contributed by atoms with E-state index in [0.717, 1.165) is 12.5 Å². The molecule has 2 aromatic rings. The first kappa shape index (κ1) is 13.4. The zero-order valence-corrected chi connectivity index (χ0v) is 11.8. The quantitative estimate of drug-likeness (QED) is 0.791. The topological polar surface area (TPSA) is 34.0 Å². The van der Waals surface area contributed by atoms with Crippen LogP contribution in [-0.4, -0.2) is 21.3 Å². The van der Waals surface area contributed by atoms with Crippen molar-refractivity contribution in [3.05, 3.63) is 34.6 Å². The first-order valence-electron chi connectivity index (χ1n) is 6.01. The lowest BCUT2D eigenvalue weighted by Crippen LogP contribution is -2.30. The lowest BCUT2D eigenvalue weighted by Gasteiger charge is -2.29. The van der Waals surface area contributed by atoms with Gasteiger partial charge >= 0.3 is 6.18 Å². The molecule has 106 valence electrons. The van der Waals surface area contributed by atoms with Gasteiger partial charge in [0.1, 0.15) is 0 Å². The smallest absolute Gasteiger partial charge is 0.310 e. The van der Waals surface area contributed by atoms with Gasteiger partial charge in [-0.25, -0.2) is 4.68 Å².